The van der Waals surface area contributed by atoms with Crippen molar-refractivity contribution in [2.75, 3.05) is 26.3 Å². The fourth-order valence-electron chi connectivity index (χ4n) is 4.53. The molecule has 1 unspecified atom stereocenters. The number of hydrogen-bond donors (Lipinski definition) is 0. The summed E-state index contributed by atoms with van der Waals surface area (Å²) in [4.78, 5) is 19.4. The first-order valence-corrected chi connectivity index (χ1v) is 9.98. The number of nitrogens with zero attached hydrogens (tertiary/aromatic N) is 3. The monoisotopic (exact) mass is 347 g/mol. The molecule has 1 saturated carbocycles. The first kappa shape index (κ1) is 17.0. The molecular formula is C19H29N3O3. The van der Waals surface area contributed by atoms with Crippen molar-refractivity contribution in [3.05, 3.63) is 11.7 Å². The molecule has 3 heterocycles. The Balaban J connectivity index is 1.29. The highest BCUT2D eigenvalue weighted by Crippen LogP contribution is 2.29. The highest BCUT2D eigenvalue weighted by molar-refractivity contribution is 5.79. The number of rotatable bonds is 4. The molecule has 3 aliphatic rings. The molecule has 6 nitrogen and oxygen atoms in total. The van der Waals surface area contributed by atoms with Crippen molar-refractivity contribution in [1.82, 2.24) is 15.0 Å². The van der Waals surface area contributed by atoms with Crippen LogP contribution in [0.5, 0.6) is 0 Å². The van der Waals surface area contributed by atoms with Crippen molar-refractivity contribution in [2.45, 2.75) is 63.7 Å². The van der Waals surface area contributed by atoms with Gasteiger partial charge < -0.3 is 14.2 Å². The van der Waals surface area contributed by atoms with E-state index >= 15 is 0 Å². The Kier molecular flexibility index (Phi) is 5.34. The minimum Gasteiger partial charge on any atom is -0.381 e. The van der Waals surface area contributed by atoms with Gasteiger partial charge in [0.15, 0.2) is 5.82 Å². The van der Waals surface area contributed by atoms with Gasteiger partial charge in [-0.1, -0.05) is 24.4 Å². The number of ether oxygens (including phenoxy) is 1. The summed E-state index contributed by atoms with van der Waals surface area (Å²) in [6.07, 6.45) is 9.69. The van der Waals surface area contributed by atoms with Crippen molar-refractivity contribution in [2.24, 2.45) is 11.8 Å². The van der Waals surface area contributed by atoms with E-state index in [9.17, 15) is 4.79 Å². The summed E-state index contributed by atoms with van der Waals surface area (Å²) < 4.78 is 10.9. The molecule has 1 aromatic rings. The molecule has 3 fully saturated rings. The zero-order valence-corrected chi connectivity index (χ0v) is 15.0. The predicted molar refractivity (Wildman–Crippen MR) is 92.1 cm³/mol. The summed E-state index contributed by atoms with van der Waals surface area (Å²) in [7, 11) is 0. The number of carbonyl (C=O) groups excluding carboxylic acids is 1. The molecule has 1 amide bonds. The summed E-state index contributed by atoms with van der Waals surface area (Å²) in [5, 5.41) is 4.18. The molecule has 4 rings (SSSR count). The SMILES string of the molecule is O=C(C1CCCCC1)N1CCC(Cc2noc(C3CCOCC3)n2)C1. The third-order valence-corrected chi connectivity index (χ3v) is 6.08. The van der Waals surface area contributed by atoms with Crippen molar-refractivity contribution in [3.8, 4) is 0 Å². The lowest BCUT2D eigenvalue weighted by Crippen LogP contribution is -2.35. The molecule has 2 saturated heterocycles. The van der Waals surface area contributed by atoms with Crippen molar-refractivity contribution in [1.29, 1.82) is 0 Å². The molecule has 6 heteroatoms. The van der Waals surface area contributed by atoms with Crippen molar-refractivity contribution in [3.63, 3.8) is 0 Å². The third-order valence-electron chi connectivity index (χ3n) is 6.08. The minimum absolute atomic E-state index is 0.276. The number of amides is 1. The van der Waals surface area contributed by atoms with Gasteiger partial charge in [0.05, 0.1) is 0 Å². The Morgan fingerprint density at radius 3 is 2.68 bits per heavy atom. The second-order valence-electron chi connectivity index (χ2n) is 7.91. The van der Waals surface area contributed by atoms with E-state index in [0.717, 1.165) is 76.5 Å². The maximum atomic E-state index is 12.7. The summed E-state index contributed by atoms with van der Waals surface area (Å²) in [5.74, 6) is 3.05. The summed E-state index contributed by atoms with van der Waals surface area (Å²) in [6.45, 7) is 3.31. The fraction of sp³-hybridized carbons (Fsp3) is 0.842. The van der Waals surface area contributed by atoms with E-state index in [1.54, 1.807) is 0 Å². The van der Waals surface area contributed by atoms with Crippen LogP contribution in [-0.4, -0.2) is 47.3 Å². The second-order valence-corrected chi connectivity index (χ2v) is 7.91. The molecule has 1 aliphatic carbocycles. The van der Waals surface area contributed by atoms with E-state index in [1.807, 2.05) is 0 Å². The van der Waals surface area contributed by atoms with Gasteiger partial charge in [0.1, 0.15) is 0 Å². The Bertz CT molecular complexity index is 576. The lowest BCUT2D eigenvalue weighted by molar-refractivity contribution is -0.135. The molecule has 0 aromatic carbocycles. The van der Waals surface area contributed by atoms with E-state index in [0.29, 0.717) is 17.7 Å². The number of aromatic nitrogens is 2. The molecule has 138 valence electrons. The second kappa shape index (κ2) is 7.85. The van der Waals surface area contributed by atoms with Gasteiger partial charge >= 0.3 is 0 Å². The maximum absolute atomic E-state index is 12.7. The Hall–Kier alpha value is -1.43. The van der Waals surface area contributed by atoms with Crippen LogP contribution in [0.15, 0.2) is 4.52 Å². The van der Waals surface area contributed by atoms with Gasteiger partial charge in [-0.25, -0.2) is 0 Å². The Labute approximate surface area is 149 Å². The van der Waals surface area contributed by atoms with Gasteiger partial charge in [0.25, 0.3) is 0 Å². The van der Waals surface area contributed by atoms with Crippen LogP contribution in [0.1, 0.15) is 69.0 Å². The molecular weight excluding hydrogens is 318 g/mol. The highest BCUT2D eigenvalue weighted by Gasteiger charge is 2.32. The van der Waals surface area contributed by atoms with Crippen LogP contribution in [0, 0.1) is 11.8 Å². The van der Waals surface area contributed by atoms with Crippen LogP contribution >= 0.6 is 0 Å². The first-order valence-electron chi connectivity index (χ1n) is 9.98. The third kappa shape index (κ3) is 4.05. The predicted octanol–water partition coefficient (Wildman–Crippen LogP) is 2.93. The molecule has 2 aliphatic heterocycles. The zero-order valence-electron chi connectivity index (χ0n) is 15.0. The van der Waals surface area contributed by atoms with E-state index < -0.39 is 0 Å². The largest absolute Gasteiger partial charge is 0.381 e. The van der Waals surface area contributed by atoms with Gasteiger partial charge in [-0.3, -0.25) is 4.79 Å². The lowest BCUT2D eigenvalue weighted by Gasteiger charge is -2.26. The van der Waals surface area contributed by atoms with Crippen molar-refractivity contribution < 1.29 is 14.1 Å². The molecule has 1 aromatic heterocycles. The standard InChI is InChI=1S/C19H29N3O3/c23-19(16-4-2-1-3-5-16)22-9-6-14(13-22)12-17-20-18(25-21-17)15-7-10-24-11-8-15/h14-16H,1-13H2. The Morgan fingerprint density at radius 1 is 1.08 bits per heavy atom. The van der Waals surface area contributed by atoms with E-state index in [1.165, 1.54) is 19.3 Å². The number of likely N-dealkylation sites (tertiary alicyclic amines) is 1. The first-order chi connectivity index (χ1) is 12.3. The normalized spacial score (nSPS) is 26.2. The van der Waals surface area contributed by atoms with Crippen molar-refractivity contribution >= 4 is 5.91 Å². The van der Waals surface area contributed by atoms with Crippen LogP contribution < -0.4 is 0 Å². The summed E-state index contributed by atoms with van der Waals surface area (Å²) >= 11 is 0. The molecule has 0 spiro atoms. The van der Waals surface area contributed by atoms with E-state index in [4.69, 9.17) is 9.26 Å². The summed E-state index contributed by atoms with van der Waals surface area (Å²) in [6, 6.07) is 0. The van der Waals surface area contributed by atoms with E-state index in [-0.39, 0.29) is 5.92 Å². The average molecular weight is 347 g/mol. The fourth-order valence-corrected chi connectivity index (χ4v) is 4.53. The van der Waals surface area contributed by atoms with Gasteiger partial charge in [-0.2, -0.15) is 4.98 Å². The smallest absolute Gasteiger partial charge is 0.229 e. The number of hydrogen-bond acceptors (Lipinski definition) is 5. The van der Waals surface area contributed by atoms with Gasteiger partial charge in [-0.15, -0.1) is 0 Å². The average Bonchev–Trinajstić information content (AvgIpc) is 3.33. The van der Waals surface area contributed by atoms with Gasteiger partial charge in [-0.05, 0) is 38.0 Å². The Morgan fingerprint density at radius 2 is 1.88 bits per heavy atom. The van der Waals surface area contributed by atoms with Crippen LogP contribution in [0.3, 0.4) is 0 Å². The summed E-state index contributed by atoms with van der Waals surface area (Å²) in [5.41, 5.74) is 0. The molecule has 0 bridgehead atoms. The molecule has 1 atom stereocenters. The zero-order chi connectivity index (χ0) is 17.1. The van der Waals surface area contributed by atoms with Gasteiger partial charge in [0, 0.05) is 44.6 Å². The minimum atomic E-state index is 0.276. The molecule has 0 N–H and O–H groups in total. The van der Waals surface area contributed by atoms with Crippen LogP contribution in [0.25, 0.3) is 0 Å². The molecule has 0 radical (unpaired) electrons. The maximum Gasteiger partial charge on any atom is 0.229 e. The van der Waals surface area contributed by atoms with E-state index in [2.05, 4.69) is 15.0 Å². The van der Waals surface area contributed by atoms with Crippen LogP contribution in [-0.2, 0) is 16.0 Å². The highest BCUT2D eigenvalue weighted by atomic mass is 16.5. The topological polar surface area (TPSA) is 68.5 Å². The van der Waals surface area contributed by atoms with Crippen LogP contribution in [0.4, 0.5) is 0 Å². The van der Waals surface area contributed by atoms with Crippen LogP contribution in [0.2, 0.25) is 0 Å². The quantitative estimate of drug-likeness (QED) is 0.838. The van der Waals surface area contributed by atoms with Gasteiger partial charge in [0.2, 0.25) is 11.8 Å². The number of carbonyl (C=O) groups is 1. The molecule has 25 heavy (non-hydrogen) atoms. The lowest BCUT2D eigenvalue weighted by atomic mass is 9.88.